The maximum atomic E-state index is 9.95. The molecule has 1 aliphatic carbocycles. The summed E-state index contributed by atoms with van der Waals surface area (Å²) in [6, 6.07) is 1.46. The first-order chi connectivity index (χ1) is 9.03. The maximum Gasteiger partial charge on any atom is 0.167 e. The first-order valence-corrected chi connectivity index (χ1v) is 6.84. The Kier molecular flexibility index (Phi) is 4.11. The van der Waals surface area contributed by atoms with Crippen LogP contribution >= 0.6 is 11.6 Å². The van der Waals surface area contributed by atoms with Gasteiger partial charge in [0.25, 0.3) is 0 Å². The van der Waals surface area contributed by atoms with Gasteiger partial charge in [0.05, 0.1) is 19.2 Å². The Morgan fingerprint density at radius 1 is 1.21 bits per heavy atom. The summed E-state index contributed by atoms with van der Waals surface area (Å²) in [6.07, 6.45) is 4.93. The minimum atomic E-state index is -0.563. The fraction of sp³-hybridized carbons (Fsp3) is 0.571. The van der Waals surface area contributed by atoms with Crippen LogP contribution in [-0.2, 0) is 5.54 Å². The lowest BCUT2D eigenvalue weighted by Gasteiger charge is -2.36. The minimum absolute atomic E-state index is 0.0234. The third-order valence-corrected chi connectivity index (χ3v) is 4.21. The molecule has 4 nitrogen and oxygen atoms in total. The zero-order chi connectivity index (χ0) is 14.0. The fourth-order valence-corrected chi connectivity index (χ4v) is 3.16. The van der Waals surface area contributed by atoms with E-state index >= 15 is 0 Å². The number of phenolic OH excluding ortho intramolecular Hbond substituents is 1. The second kappa shape index (κ2) is 5.47. The van der Waals surface area contributed by atoms with Crippen molar-refractivity contribution < 1.29 is 14.6 Å². The van der Waals surface area contributed by atoms with E-state index in [4.69, 9.17) is 26.8 Å². The Bertz CT molecular complexity index is 470. The van der Waals surface area contributed by atoms with Crippen molar-refractivity contribution in [2.24, 2.45) is 5.73 Å². The molecule has 3 N–H and O–H groups in total. The van der Waals surface area contributed by atoms with E-state index in [1.54, 1.807) is 7.11 Å². The highest BCUT2D eigenvalue weighted by Crippen LogP contribution is 2.49. The van der Waals surface area contributed by atoms with Gasteiger partial charge in [-0.1, -0.05) is 30.9 Å². The molecule has 0 spiro atoms. The zero-order valence-electron chi connectivity index (χ0n) is 11.3. The predicted octanol–water partition coefficient (Wildman–Crippen LogP) is 3.18. The Labute approximate surface area is 118 Å². The molecule has 2 rings (SSSR count). The molecule has 1 aromatic carbocycles. The normalized spacial score (nSPS) is 18.1. The summed E-state index contributed by atoms with van der Waals surface area (Å²) >= 11 is 6.26. The highest BCUT2D eigenvalue weighted by molar-refractivity contribution is 6.33. The second-order valence-electron chi connectivity index (χ2n) is 5.04. The number of phenols is 1. The second-order valence-corrected chi connectivity index (χ2v) is 5.41. The van der Waals surface area contributed by atoms with Crippen LogP contribution in [0.25, 0.3) is 0 Å². The highest BCUT2D eigenvalue weighted by atomic mass is 35.5. The standard InChI is InChI=1S/C14H20ClNO3/c1-18-10-8-9(17)12(15)11(13(10)19-2)14(16)6-4-3-5-7-14/h8,17H,3-7,16H2,1-2H3. The molecule has 19 heavy (non-hydrogen) atoms. The molecule has 0 bridgehead atoms. The molecule has 0 heterocycles. The number of ether oxygens (including phenoxy) is 2. The van der Waals surface area contributed by atoms with E-state index in [1.165, 1.54) is 19.6 Å². The van der Waals surface area contributed by atoms with Gasteiger partial charge in [0.2, 0.25) is 0 Å². The Balaban J connectivity index is 2.62. The van der Waals surface area contributed by atoms with Gasteiger partial charge in [-0.3, -0.25) is 0 Å². The Morgan fingerprint density at radius 2 is 1.84 bits per heavy atom. The smallest absolute Gasteiger partial charge is 0.167 e. The molecule has 1 aromatic rings. The summed E-state index contributed by atoms with van der Waals surface area (Å²) in [7, 11) is 3.08. The van der Waals surface area contributed by atoms with Gasteiger partial charge in [0.15, 0.2) is 11.5 Å². The summed E-state index contributed by atoms with van der Waals surface area (Å²) in [5, 5.41) is 10.2. The maximum absolute atomic E-state index is 9.95. The van der Waals surface area contributed by atoms with Gasteiger partial charge < -0.3 is 20.3 Å². The summed E-state index contributed by atoms with van der Waals surface area (Å²) in [5.41, 5.74) is 6.62. The average Bonchev–Trinajstić information content (AvgIpc) is 2.41. The van der Waals surface area contributed by atoms with Crippen molar-refractivity contribution in [3.05, 3.63) is 16.7 Å². The molecule has 0 aromatic heterocycles. The largest absolute Gasteiger partial charge is 0.506 e. The topological polar surface area (TPSA) is 64.7 Å². The predicted molar refractivity (Wildman–Crippen MR) is 75.2 cm³/mol. The van der Waals surface area contributed by atoms with Crippen molar-refractivity contribution in [1.82, 2.24) is 0 Å². The molecule has 1 fully saturated rings. The quantitative estimate of drug-likeness (QED) is 0.895. The highest BCUT2D eigenvalue weighted by Gasteiger charge is 2.36. The lowest BCUT2D eigenvalue weighted by atomic mass is 9.77. The number of halogens is 1. The van der Waals surface area contributed by atoms with Crippen LogP contribution in [0.4, 0.5) is 0 Å². The molecule has 106 valence electrons. The number of benzene rings is 1. The van der Waals surface area contributed by atoms with Crippen LogP contribution in [0.2, 0.25) is 5.02 Å². The van der Waals surface area contributed by atoms with Crippen molar-refractivity contribution in [2.75, 3.05) is 14.2 Å². The summed E-state index contributed by atoms with van der Waals surface area (Å²) in [6.45, 7) is 0. The third-order valence-electron chi connectivity index (χ3n) is 3.83. The fourth-order valence-electron chi connectivity index (χ4n) is 2.84. The number of nitrogens with two attached hydrogens (primary N) is 1. The molecule has 0 aliphatic heterocycles. The van der Waals surface area contributed by atoms with E-state index in [2.05, 4.69) is 0 Å². The van der Waals surface area contributed by atoms with Crippen LogP contribution in [0.5, 0.6) is 17.2 Å². The molecule has 5 heteroatoms. The molecule has 1 aliphatic rings. The van der Waals surface area contributed by atoms with Crippen molar-refractivity contribution in [3.8, 4) is 17.2 Å². The molecule has 0 atom stereocenters. The van der Waals surface area contributed by atoms with Gasteiger partial charge in [0.1, 0.15) is 5.75 Å². The van der Waals surface area contributed by atoms with Gasteiger partial charge in [-0.15, -0.1) is 0 Å². The summed E-state index contributed by atoms with van der Waals surface area (Å²) < 4.78 is 10.7. The minimum Gasteiger partial charge on any atom is -0.506 e. The van der Waals surface area contributed by atoms with Crippen LogP contribution in [-0.4, -0.2) is 19.3 Å². The van der Waals surface area contributed by atoms with Crippen molar-refractivity contribution in [3.63, 3.8) is 0 Å². The number of hydrogen-bond donors (Lipinski definition) is 2. The number of rotatable bonds is 3. The first-order valence-electron chi connectivity index (χ1n) is 6.46. The van der Waals surface area contributed by atoms with Crippen LogP contribution in [0.15, 0.2) is 6.07 Å². The van der Waals surface area contributed by atoms with Gasteiger partial charge in [-0.2, -0.15) is 0 Å². The molecule has 1 saturated carbocycles. The van der Waals surface area contributed by atoms with Gasteiger partial charge >= 0.3 is 0 Å². The number of methoxy groups -OCH3 is 2. The van der Waals surface area contributed by atoms with Crippen molar-refractivity contribution in [2.45, 2.75) is 37.6 Å². The van der Waals surface area contributed by atoms with E-state index in [9.17, 15) is 5.11 Å². The van der Waals surface area contributed by atoms with E-state index in [0.717, 1.165) is 25.7 Å². The van der Waals surface area contributed by atoms with E-state index in [1.807, 2.05) is 0 Å². The van der Waals surface area contributed by atoms with E-state index < -0.39 is 5.54 Å². The lowest BCUT2D eigenvalue weighted by molar-refractivity contribution is 0.280. The third kappa shape index (κ3) is 2.47. The molecular formula is C14H20ClNO3. The van der Waals surface area contributed by atoms with Gasteiger partial charge in [-0.05, 0) is 12.8 Å². The van der Waals surface area contributed by atoms with Gasteiger partial charge in [-0.25, -0.2) is 0 Å². The molecule has 0 amide bonds. The summed E-state index contributed by atoms with van der Waals surface area (Å²) in [5.74, 6) is 0.953. The van der Waals surface area contributed by atoms with Gasteiger partial charge in [0, 0.05) is 17.2 Å². The summed E-state index contributed by atoms with van der Waals surface area (Å²) in [4.78, 5) is 0. The molecular weight excluding hydrogens is 266 g/mol. The SMILES string of the molecule is COc1cc(O)c(Cl)c(C2(N)CCCCC2)c1OC. The lowest BCUT2D eigenvalue weighted by Crippen LogP contribution is -2.39. The Morgan fingerprint density at radius 3 is 2.37 bits per heavy atom. The van der Waals surface area contributed by atoms with Crippen LogP contribution < -0.4 is 15.2 Å². The number of hydrogen-bond acceptors (Lipinski definition) is 4. The van der Waals surface area contributed by atoms with E-state index in [0.29, 0.717) is 17.1 Å². The van der Waals surface area contributed by atoms with Crippen molar-refractivity contribution in [1.29, 1.82) is 0 Å². The molecule has 0 unspecified atom stereocenters. The zero-order valence-corrected chi connectivity index (χ0v) is 12.1. The van der Waals surface area contributed by atoms with Crippen LogP contribution in [0.1, 0.15) is 37.7 Å². The molecule has 0 radical (unpaired) electrons. The molecule has 0 saturated heterocycles. The Hall–Kier alpha value is -1.13. The average molecular weight is 286 g/mol. The van der Waals surface area contributed by atoms with Crippen molar-refractivity contribution >= 4 is 11.6 Å². The number of aromatic hydroxyl groups is 1. The van der Waals surface area contributed by atoms with E-state index in [-0.39, 0.29) is 10.8 Å². The van der Waals surface area contributed by atoms with Crippen LogP contribution in [0.3, 0.4) is 0 Å². The monoisotopic (exact) mass is 285 g/mol. The first kappa shape index (κ1) is 14.3. The van der Waals surface area contributed by atoms with Crippen LogP contribution in [0, 0.1) is 0 Å².